The van der Waals surface area contributed by atoms with Crippen molar-refractivity contribution >= 4 is 11.7 Å². The predicted octanol–water partition coefficient (Wildman–Crippen LogP) is 0.313. The van der Waals surface area contributed by atoms with E-state index < -0.39 is 5.41 Å². The minimum absolute atomic E-state index is 0.000874. The number of amidine groups is 1. The number of hydrogen-bond acceptors (Lipinski definition) is 4. The van der Waals surface area contributed by atoms with Crippen molar-refractivity contribution in [2.24, 2.45) is 16.3 Å². The lowest BCUT2D eigenvalue weighted by Crippen LogP contribution is -2.44. The van der Waals surface area contributed by atoms with Crippen molar-refractivity contribution in [1.82, 2.24) is 9.80 Å². The van der Waals surface area contributed by atoms with Crippen LogP contribution >= 0.6 is 0 Å². The zero-order valence-corrected chi connectivity index (χ0v) is 11.5. The predicted molar refractivity (Wildman–Crippen MR) is 70.5 cm³/mol. The summed E-state index contributed by atoms with van der Waals surface area (Å²) in [5, 5.41) is 11.8. The normalized spacial score (nSPS) is 17.9. The maximum atomic E-state index is 12.4. The minimum Gasteiger partial charge on any atom is -0.409 e. The molecule has 0 spiro atoms. The summed E-state index contributed by atoms with van der Waals surface area (Å²) < 4.78 is 0. The summed E-state index contributed by atoms with van der Waals surface area (Å²) in [5.41, 5.74) is 4.91. The average molecular weight is 256 g/mol. The second-order valence-corrected chi connectivity index (χ2v) is 5.11. The third-order valence-corrected chi connectivity index (χ3v) is 3.46. The molecule has 1 aliphatic carbocycles. The van der Waals surface area contributed by atoms with E-state index in [-0.39, 0.29) is 11.7 Å². The molecule has 1 rings (SSSR count). The van der Waals surface area contributed by atoms with E-state index in [1.54, 1.807) is 4.90 Å². The molecule has 0 aromatic rings. The van der Waals surface area contributed by atoms with E-state index in [1.165, 1.54) is 0 Å². The van der Waals surface area contributed by atoms with Gasteiger partial charge in [-0.3, -0.25) is 4.79 Å². The van der Waals surface area contributed by atoms with Crippen LogP contribution in [0.5, 0.6) is 0 Å². The van der Waals surface area contributed by atoms with Gasteiger partial charge in [0.15, 0.2) is 5.84 Å². The Kier molecular flexibility index (Phi) is 4.95. The number of hydrogen-bond donors (Lipinski definition) is 2. The van der Waals surface area contributed by atoms with Crippen LogP contribution in [-0.4, -0.2) is 60.5 Å². The number of amides is 1. The quantitative estimate of drug-likeness (QED) is 0.297. The fraction of sp³-hybridized carbons (Fsp3) is 0.833. The lowest BCUT2D eigenvalue weighted by molar-refractivity contribution is -0.134. The van der Waals surface area contributed by atoms with Gasteiger partial charge in [0.2, 0.25) is 5.91 Å². The van der Waals surface area contributed by atoms with Gasteiger partial charge in [-0.15, -0.1) is 0 Å². The maximum absolute atomic E-state index is 12.4. The highest BCUT2D eigenvalue weighted by molar-refractivity contribution is 6.09. The highest BCUT2D eigenvalue weighted by Gasteiger charge is 2.55. The molecule has 1 aliphatic rings. The van der Waals surface area contributed by atoms with Crippen molar-refractivity contribution in [3.8, 4) is 0 Å². The SMILES string of the molecule is CCN(CCCN(C)C)C(=O)C1(C(N)=NO)CC1. The monoisotopic (exact) mass is 256 g/mol. The van der Waals surface area contributed by atoms with Crippen molar-refractivity contribution in [2.45, 2.75) is 26.2 Å². The van der Waals surface area contributed by atoms with E-state index in [9.17, 15) is 4.79 Å². The lowest BCUT2D eigenvalue weighted by Gasteiger charge is -2.26. The van der Waals surface area contributed by atoms with Crippen LogP contribution in [0.3, 0.4) is 0 Å². The first kappa shape index (κ1) is 14.8. The molecule has 18 heavy (non-hydrogen) atoms. The number of rotatable bonds is 7. The van der Waals surface area contributed by atoms with Gasteiger partial charge >= 0.3 is 0 Å². The summed E-state index contributed by atoms with van der Waals surface area (Å²) in [4.78, 5) is 16.3. The molecule has 0 aromatic heterocycles. The van der Waals surface area contributed by atoms with Gasteiger partial charge in [-0.05, 0) is 46.8 Å². The van der Waals surface area contributed by atoms with Crippen molar-refractivity contribution in [3.05, 3.63) is 0 Å². The van der Waals surface area contributed by atoms with Gasteiger partial charge in [0, 0.05) is 13.1 Å². The largest absolute Gasteiger partial charge is 0.409 e. The molecule has 0 unspecified atom stereocenters. The van der Waals surface area contributed by atoms with Gasteiger partial charge < -0.3 is 20.7 Å². The Hall–Kier alpha value is -1.30. The third-order valence-electron chi connectivity index (χ3n) is 3.46. The molecule has 0 bridgehead atoms. The number of nitrogens with two attached hydrogens (primary N) is 1. The fourth-order valence-electron chi connectivity index (χ4n) is 2.08. The molecule has 6 heteroatoms. The Labute approximate surface area is 108 Å². The van der Waals surface area contributed by atoms with Crippen molar-refractivity contribution in [1.29, 1.82) is 0 Å². The van der Waals surface area contributed by atoms with Crippen LogP contribution in [0.25, 0.3) is 0 Å². The Bertz CT molecular complexity index is 324. The van der Waals surface area contributed by atoms with Gasteiger partial charge in [-0.25, -0.2) is 0 Å². The summed E-state index contributed by atoms with van der Waals surface area (Å²) in [6.07, 6.45) is 2.30. The van der Waals surface area contributed by atoms with Crippen LogP contribution in [0.1, 0.15) is 26.2 Å². The van der Waals surface area contributed by atoms with Gasteiger partial charge in [-0.2, -0.15) is 0 Å². The molecular formula is C12H24N4O2. The first-order valence-electron chi connectivity index (χ1n) is 6.40. The second-order valence-electron chi connectivity index (χ2n) is 5.11. The van der Waals surface area contributed by atoms with E-state index >= 15 is 0 Å². The molecule has 6 nitrogen and oxygen atoms in total. The summed E-state index contributed by atoms with van der Waals surface area (Å²) >= 11 is 0. The molecule has 1 saturated carbocycles. The molecule has 0 aliphatic heterocycles. The Morgan fingerprint density at radius 2 is 2.00 bits per heavy atom. The van der Waals surface area contributed by atoms with Gasteiger partial charge in [0.1, 0.15) is 5.41 Å². The minimum atomic E-state index is -0.719. The van der Waals surface area contributed by atoms with Crippen LogP contribution in [0, 0.1) is 5.41 Å². The number of nitrogens with zero attached hydrogens (tertiary/aromatic N) is 3. The summed E-state index contributed by atoms with van der Waals surface area (Å²) in [5.74, 6) is 0.0533. The van der Waals surface area contributed by atoms with Crippen molar-refractivity contribution in [2.75, 3.05) is 33.7 Å². The summed E-state index contributed by atoms with van der Waals surface area (Å²) in [6, 6.07) is 0. The molecule has 0 aromatic carbocycles. The molecule has 1 fully saturated rings. The van der Waals surface area contributed by atoms with Crippen LogP contribution in [0.4, 0.5) is 0 Å². The van der Waals surface area contributed by atoms with Crippen molar-refractivity contribution in [3.63, 3.8) is 0 Å². The van der Waals surface area contributed by atoms with E-state index in [0.717, 1.165) is 13.0 Å². The molecule has 0 saturated heterocycles. The second kappa shape index (κ2) is 6.04. The first-order chi connectivity index (χ1) is 8.47. The van der Waals surface area contributed by atoms with E-state index in [2.05, 4.69) is 10.1 Å². The molecule has 0 atom stereocenters. The molecule has 3 N–H and O–H groups in total. The van der Waals surface area contributed by atoms with Gasteiger partial charge in [0.25, 0.3) is 0 Å². The Morgan fingerprint density at radius 3 is 2.39 bits per heavy atom. The number of carbonyl (C=O) groups is 1. The maximum Gasteiger partial charge on any atom is 0.236 e. The number of carbonyl (C=O) groups excluding carboxylic acids is 1. The number of oxime groups is 1. The van der Waals surface area contributed by atoms with Crippen LogP contribution in [0.15, 0.2) is 5.16 Å². The van der Waals surface area contributed by atoms with E-state index in [1.807, 2.05) is 21.0 Å². The van der Waals surface area contributed by atoms with Gasteiger partial charge in [-0.1, -0.05) is 5.16 Å². The first-order valence-corrected chi connectivity index (χ1v) is 6.40. The van der Waals surface area contributed by atoms with Crippen LogP contribution in [0.2, 0.25) is 0 Å². The molecule has 0 heterocycles. The Balaban J connectivity index is 2.58. The smallest absolute Gasteiger partial charge is 0.236 e. The highest BCUT2D eigenvalue weighted by Crippen LogP contribution is 2.47. The standard InChI is InChI=1S/C12H24N4O2/c1-4-16(9-5-8-15(2)3)11(17)12(6-7-12)10(13)14-18/h18H,4-9H2,1-3H3,(H2,13,14). The third kappa shape index (κ3) is 3.13. The zero-order chi connectivity index (χ0) is 13.8. The average Bonchev–Trinajstić information content (AvgIpc) is 3.14. The van der Waals surface area contributed by atoms with Crippen LogP contribution < -0.4 is 5.73 Å². The van der Waals surface area contributed by atoms with Crippen LogP contribution in [-0.2, 0) is 4.79 Å². The fourth-order valence-corrected chi connectivity index (χ4v) is 2.08. The lowest BCUT2D eigenvalue weighted by atomic mass is 10.0. The zero-order valence-electron chi connectivity index (χ0n) is 11.5. The highest BCUT2D eigenvalue weighted by atomic mass is 16.4. The molecule has 0 radical (unpaired) electrons. The Morgan fingerprint density at radius 1 is 1.39 bits per heavy atom. The summed E-state index contributed by atoms with van der Waals surface area (Å²) in [6.45, 7) is 4.27. The van der Waals surface area contributed by atoms with Crippen molar-refractivity contribution < 1.29 is 10.0 Å². The summed E-state index contributed by atoms with van der Waals surface area (Å²) in [7, 11) is 4.02. The van der Waals surface area contributed by atoms with E-state index in [0.29, 0.717) is 25.9 Å². The van der Waals surface area contributed by atoms with Gasteiger partial charge in [0.05, 0.1) is 0 Å². The molecular weight excluding hydrogens is 232 g/mol. The topological polar surface area (TPSA) is 82.2 Å². The van der Waals surface area contributed by atoms with E-state index in [4.69, 9.17) is 10.9 Å². The molecule has 104 valence electrons. The molecule has 1 amide bonds.